The molecule has 4 rings (SSSR count). The van der Waals surface area contributed by atoms with Crippen LogP contribution in [0.3, 0.4) is 0 Å². The monoisotopic (exact) mass is 486 g/mol. The molecule has 2 N–H and O–H groups in total. The fourth-order valence-electron chi connectivity index (χ4n) is 5.74. The van der Waals surface area contributed by atoms with Crippen molar-refractivity contribution in [1.29, 1.82) is 0 Å². The van der Waals surface area contributed by atoms with Crippen LogP contribution in [0.4, 0.5) is 5.69 Å². The lowest BCUT2D eigenvalue weighted by atomic mass is 9.79. The molecule has 0 bridgehead atoms. The minimum absolute atomic E-state index is 0.0918. The number of aliphatic hydroxyl groups is 1. The van der Waals surface area contributed by atoms with E-state index in [0.29, 0.717) is 11.8 Å². The van der Waals surface area contributed by atoms with E-state index in [2.05, 4.69) is 124 Å². The first-order chi connectivity index (χ1) is 17.4. The van der Waals surface area contributed by atoms with E-state index in [0.717, 1.165) is 24.4 Å². The summed E-state index contributed by atoms with van der Waals surface area (Å²) < 4.78 is 6.31. The van der Waals surface area contributed by atoms with Crippen LogP contribution in [-0.4, -0.2) is 43.5 Å². The lowest BCUT2D eigenvalue weighted by molar-refractivity contribution is 0.239. The van der Waals surface area contributed by atoms with Gasteiger partial charge in [0.2, 0.25) is 0 Å². The van der Waals surface area contributed by atoms with Gasteiger partial charge >= 0.3 is 0 Å². The molecule has 0 spiro atoms. The van der Waals surface area contributed by atoms with Gasteiger partial charge in [-0.15, -0.1) is 0 Å². The van der Waals surface area contributed by atoms with Crippen molar-refractivity contribution in [3.8, 4) is 5.75 Å². The fourth-order valence-corrected chi connectivity index (χ4v) is 5.74. The number of aliphatic hydroxyl groups excluding tert-OH is 1. The standard InChI is InChI=1S/C32H42N2O2/c1-22(2)26-16-17-29(36-23(3)4)28(20-26)34(5)32-27(18-19-35)21-33-31(32)30(24-12-8-6-9-13-24)25-14-10-7-11-15-25/h6-17,20,22-23,27,30-33,35H,18-19,21H2,1-5H3. The zero-order valence-corrected chi connectivity index (χ0v) is 22.4. The smallest absolute Gasteiger partial charge is 0.142 e. The van der Waals surface area contributed by atoms with Gasteiger partial charge in [-0.2, -0.15) is 0 Å². The molecule has 4 heteroatoms. The van der Waals surface area contributed by atoms with Crippen LogP contribution in [0, 0.1) is 5.92 Å². The number of hydrogen-bond donors (Lipinski definition) is 2. The SMILES string of the molecule is CC(C)Oc1ccc(C(C)C)cc1N(C)C1C(CCO)CNC1C(c1ccccc1)c1ccccc1. The van der Waals surface area contributed by atoms with Gasteiger partial charge in [0, 0.05) is 38.2 Å². The molecule has 1 aliphatic heterocycles. The molecule has 4 nitrogen and oxygen atoms in total. The van der Waals surface area contributed by atoms with Crippen molar-refractivity contribution in [3.05, 3.63) is 95.6 Å². The van der Waals surface area contributed by atoms with E-state index in [1.165, 1.54) is 16.7 Å². The number of hydrogen-bond acceptors (Lipinski definition) is 4. The third-order valence-electron chi connectivity index (χ3n) is 7.48. The maximum absolute atomic E-state index is 9.98. The largest absolute Gasteiger partial charge is 0.489 e. The van der Waals surface area contributed by atoms with E-state index in [4.69, 9.17) is 4.74 Å². The van der Waals surface area contributed by atoms with E-state index in [1.807, 2.05) is 0 Å². The van der Waals surface area contributed by atoms with Crippen molar-refractivity contribution in [2.75, 3.05) is 25.1 Å². The normalized spacial score (nSPS) is 19.9. The van der Waals surface area contributed by atoms with Crippen molar-refractivity contribution >= 4 is 5.69 Å². The van der Waals surface area contributed by atoms with Crippen LogP contribution in [-0.2, 0) is 0 Å². The Morgan fingerprint density at radius 2 is 1.50 bits per heavy atom. The first-order valence-corrected chi connectivity index (χ1v) is 13.4. The summed E-state index contributed by atoms with van der Waals surface area (Å²) in [7, 11) is 2.20. The fraction of sp³-hybridized carbons (Fsp3) is 0.438. The minimum atomic E-state index is 0.0918. The van der Waals surface area contributed by atoms with Gasteiger partial charge in [0.15, 0.2) is 0 Å². The summed E-state index contributed by atoms with van der Waals surface area (Å²) in [5, 5.41) is 13.9. The van der Waals surface area contributed by atoms with Gasteiger partial charge in [-0.05, 0) is 60.9 Å². The second-order valence-electron chi connectivity index (χ2n) is 10.7. The maximum Gasteiger partial charge on any atom is 0.142 e. The molecule has 0 radical (unpaired) electrons. The minimum Gasteiger partial charge on any atom is -0.489 e. The molecule has 36 heavy (non-hydrogen) atoms. The van der Waals surface area contributed by atoms with E-state index in [1.54, 1.807) is 0 Å². The van der Waals surface area contributed by atoms with Crippen LogP contribution < -0.4 is 15.0 Å². The van der Waals surface area contributed by atoms with Crippen LogP contribution in [0.15, 0.2) is 78.9 Å². The number of anilines is 1. The maximum atomic E-state index is 9.98. The van der Waals surface area contributed by atoms with Crippen LogP contribution in [0.25, 0.3) is 0 Å². The number of nitrogens with zero attached hydrogens (tertiary/aromatic N) is 1. The summed E-state index contributed by atoms with van der Waals surface area (Å²) in [6.07, 6.45) is 0.855. The van der Waals surface area contributed by atoms with E-state index in [9.17, 15) is 5.11 Å². The molecule has 1 fully saturated rings. The van der Waals surface area contributed by atoms with Crippen LogP contribution in [0.2, 0.25) is 0 Å². The zero-order chi connectivity index (χ0) is 25.7. The van der Waals surface area contributed by atoms with Crippen molar-refractivity contribution in [1.82, 2.24) is 5.32 Å². The van der Waals surface area contributed by atoms with E-state index >= 15 is 0 Å². The Labute approximate surface area is 217 Å². The van der Waals surface area contributed by atoms with Gasteiger partial charge in [-0.1, -0.05) is 80.6 Å². The van der Waals surface area contributed by atoms with Crippen molar-refractivity contribution in [2.45, 2.75) is 64.1 Å². The number of ether oxygens (including phenoxy) is 1. The second-order valence-corrected chi connectivity index (χ2v) is 10.7. The molecule has 3 aromatic rings. The lowest BCUT2D eigenvalue weighted by Gasteiger charge is -2.39. The Hall–Kier alpha value is -2.82. The van der Waals surface area contributed by atoms with E-state index in [-0.39, 0.29) is 30.7 Å². The Balaban J connectivity index is 1.81. The molecule has 0 aromatic heterocycles. The molecule has 3 aromatic carbocycles. The predicted molar refractivity (Wildman–Crippen MR) is 150 cm³/mol. The van der Waals surface area contributed by atoms with Gasteiger partial charge in [0.05, 0.1) is 11.8 Å². The Bertz CT molecular complexity index is 1040. The second kappa shape index (κ2) is 11.9. The highest BCUT2D eigenvalue weighted by atomic mass is 16.5. The molecule has 3 unspecified atom stereocenters. The molecule has 1 saturated heterocycles. The van der Waals surface area contributed by atoms with Crippen molar-refractivity contribution in [3.63, 3.8) is 0 Å². The Morgan fingerprint density at radius 3 is 2.03 bits per heavy atom. The zero-order valence-electron chi connectivity index (χ0n) is 22.4. The summed E-state index contributed by atoms with van der Waals surface area (Å²) in [5.74, 6) is 1.85. The number of benzene rings is 3. The molecular formula is C32H42N2O2. The summed E-state index contributed by atoms with van der Waals surface area (Å²) in [6.45, 7) is 9.69. The predicted octanol–water partition coefficient (Wildman–Crippen LogP) is 6.20. The van der Waals surface area contributed by atoms with E-state index < -0.39 is 0 Å². The average Bonchev–Trinajstić information content (AvgIpc) is 3.28. The van der Waals surface area contributed by atoms with Crippen molar-refractivity contribution in [2.24, 2.45) is 5.92 Å². The van der Waals surface area contributed by atoms with Gasteiger partial charge < -0.3 is 20.1 Å². The highest BCUT2D eigenvalue weighted by Gasteiger charge is 2.43. The summed E-state index contributed by atoms with van der Waals surface area (Å²) >= 11 is 0. The average molecular weight is 487 g/mol. The Kier molecular flexibility index (Phi) is 8.71. The third-order valence-corrected chi connectivity index (χ3v) is 7.48. The quantitative estimate of drug-likeness (QED) is 0.358. The molecule has 0 aliphatic carbocycles. The highest BCUT2D eigenvalue weighted by molar-refractivity contribution is 5.61. The third kappa shape index (κ3) is 5.77. The number of rotatable bonds is 10. The lowest BCUT2D eigenvalue weighted by Crippen LogP contribution is -2.48. The summed E-state index contributed by atoms with van der Waals surface area (Å²) in [4.78, 5) is 2.42. The van der Waals surface area contributed by atoms with Crippen LogP contribution in [0.5, 0.6) is 5.75 Å². The molecule has 0 amide bonds. The molecule has 1 aliphatic rings. The van der Waals surface area contributed by atoms with Crippen molar-refractivity contribution < 1.29 is 9.84 Å². The number of likely N-dealkylation sites (N-methyl/N-ethyl adjacent to an activating group) is 1. The Morgan fingerprint density at radius 1 is 0.889 bits per heavy atom. The topological polar surface area (TPSA) is 44.7 Å². The summed E-state index contributed by atoms with van der Waals surface area (Å²) in [6, 6.07) is 28.6. The number of nitrogens with one attached hydrogen (secondary N) is 1. The molecule has 0 saturated carbocycles. The molecular weight excluding hydrogens is 444 g/mol. The van der Waals surface area contributed by atoms with Gasteiger partial charge in [-0.25, -0.2) is 0 Å². The highest BCUT2D eigenvalue weighted by Crippen LogP contribution is 2.41. The van der Waals surface area contributed by atoms with Crippen LogP contribution in [0.1, 0.15) is 62.6 Å². The summed E-state index contributed by atoms with van der Waals surface area (Å²) in [5.41, 5.74) is 5.03. The molecule has 192 valence electrons. The first-order valence-electron chi connectivity index (χ1n) is 13.4. The van der Waals surface area contributed by atoms with Gasteiger partial charge in [0.25, 0.3) is 0 Å². The van der Waals surface area contributed by atoms with Gasteiger partial charge in [0.1, 0.15) is 5.75 Å². The first kappa shape index (κ1) is 26.2. The van der Waals surface area contributed by atoms with Crippen LogP contribution >= 0.6 is 0 Å². The molecule has 1 heterocycles. The molecule has 3 atom stereocenters. The van der Waals surface area contributed by atoms with Gasteiger partial charge in [-0.3, -0.25) is 0 Å².